The second-order valence-corrected chi connectivity index (χ2v) is 7.31. The first kappa shape index (κ1) is 16.7. The Hall–Kier alpha value is -2.74. The lowest BCUT2D eigenvalue weighted by atomic mass is 9.97. The molecule has 134 valence electrons. The third-order valence-electron chi connectivity index (χ3n) is 4.41. The molecule has 4 heterocycles. The highest BCUT2D eigenvalue weighted by Gasteiger charge is 2.27. The molecular weight excluding hydrogens is 350 g/mol. The molecule has 0 bridgehead atoms. The smallest absolute Gasteiger partial charge is 0.231 e. The molecule has 1 aliphatic heterocycles. The molecule has 8 heteroatoms. The monoisotopic (exact) mass is 369 g/mol. The fourth-order valence-electron chi connectivity index (χ4n) is 3.09. The van der Waals surface area contributed by atoms with Crippen molar-refractivity contribution in [2.45, 2.75) is 19.8 Å². The Morgan fingerprint density at radius 2 is 2.27 bits per heavy atom. The van der Waals surface area contributed by atoms with E-state index in [0.29, 0.717) is 12.4 Å². The van der Waals surface area contributed by atoms with E-state index in [2.05, 4.69) is 25.6 Å². The fourth-order valence-corrected chi connectivity index (χ4v) is 3.79. The van der Waals surface area contributed by atoms with Crippen LogP contribution in [0.1, 0.15) is 18.5 Å². The van der Waals surface area contributed by atoms with Crippen molar-refractivity contribution in [3.8, 4) is 10.6 Å². The molecule has 1 N–H and O–H groups in total. The predicted octanol–water partition coefficient (Wildman–Crippen LogP) is 3.36. The lowest BCUT2D eigenvalue weighted by molar-refractivity contribution is -0.120. The van der Waals surface area contributed by atoms with Crippen LogP contribution in [-0.2, 0) is 4.79 Å². The third-order valence-corrected chi connectivity index (χ3v) is 5.31. The molecule has 0 aromatic carbocycles. The Balaban J connectivity index is 1.42. The zero-order valence-corrected chi connectivity index (χ0v) is 15.2. The van der Waals surface area contributed by atoms with Crippen LogP contribution in [0.2, 0.25) is 0 Å². The van der Waals surface area contributed by atoms with E-state index in [0.717, 1.165) is 41.5 Å². The van der Waals surface area contributed by atoms with Gasteiger partial charge in [-0.2, -0.15) is 0 Å². The van der Waals surface area contributed by atoms with E-state index in [1.807, 2.05) is 36.6 Å². The summed E-state index contributed by atoms with van der Waals surface area (Å²) < 4.78 is 5.07. The second-order valence-electron chi connectivity index (χ2n) is 6.36. The maximum Gasteiger partial charge on any atom is 0.231 e. The van der Waals surface area contributed by atoms with Gasteiger partial charge in [0.2, 0.25) is 11.8 Å². The van der Waals surface area contributed by atoms with E-state index < -0.39 is 0 Å². The topological polar surface area (TPSA) is 84.2 Å². The van der Waals surface area contributed by atoms with E-state index in [1.54, 1.807) is 17.4 Å². The summed E-state index contributed by atoms with van der Waals surface area (Å²) >= 11 is 1.64. The Bertz CT molecular complexity index is 875. The Morgan fingerprint density at radius 1 is 1.35 bits per heavy atom. The number of aryl methyl sites for hydroxylation is 1. The molecule has 0 radical (unpaired) electrons. The molecule has 7 nitrogen and oxygen atoms in total. The zero-order chi connectivity index (χ0) is 17.9. The van der Waals surface area contributed by atoms with Crippen molar-refractivity contribution in [3.63, 3.8) is 0 Å². The summed E-state index contributed by atoms with van der Waals surface area (Å²) in [5.74, 6) is 1.03. The number of piperidine rings is 1. The van der Waals surface area contributed by atoms with Gasteiger partial charge >= 0.3 is 0 Å². The SMILES string of the molecule is Cc1cc(NC(=O)C2CCCN(c3ccc(-c4cccs4)nn3)C2)on1. The van der Waals surface area contributed by atoms with Crippen molar-refractivity contribution in [3.05, 3.63) is 41.4 Å². The number of rotatable bonds is 4. The minimum absolute atomic E-state index is 0.0472. The van der Waals surface area contributed by atoms with Crippen molar-refractivity contribution in [2.24, 2.45) is 5.92 Å². The number of carbonyl (C=O) groups excluding carboxylic acids is 1. The van der Waals surface area contributed by atoms with Crippen LogP contribution in [-0.4, -0.2) is 34.4 Å². The molecule has 0 spiro atoms. The Morgan fingerprint density at radius 3 is 2.96 bits per heavy atom. The van der Waals surface area contributed by atoms with Crippen LogP contribution < -0.4 is 10.2 Å². The van der Waals surface area contributed by atoms with Gasteiger partial charge in [0.15, 0.2) is 5.82 Å². The van der Waals surface area contributed by atoms with Gasteiger partial charge in [0.25, 0.3) is 0 Å². The van der Waals surface area contributed by atoms with Gasteiger partial charge < -0.3 is 9.42 Å². The normalized spacial score (nSPS) is 17.3. The van der Waals surface area contributed by atoms with Gasteiger partial charge in [0.05, 0.1) is 16.5 Å². The number of hydrogen-bond acceptors (Lipinski definition) is 7. The first-order valence-corrected chi connectivity index (χ1v) is 9.44. The summed E-state index contributed by atoms with van der Waals surface area (Å²) in [5, 5.41) is 17.3. The molecule has 1 fully saturated rings. The maximum atomic E-state index is 12.5. The van der Waals surface area contributed by atoms with Crippen molar-refractivity contribution in [2.75, 3.05) is 23.3 Å². The average Bonchev–Trinajstić information content (AvgIpc) is 3.34. The fraction of sp³-hybridized carbons (Fsp3) is 0.333. The molecule has 0 aliphatic carbocycles. The molecule has 26 heavy (non-hydrogen) atoms. The van der Waals surface area contributed by atoms with Crippen LogP contribution in [0.4, 0.5) is 11.7 Å². The summed E-state index contributed by atoms with van der Waals surface area (Å²) in [6, 6.07) is 9.70. The standard InChI is InChI=1S/C18H19N5O2S/c1-12-10-17(25-22-12)19-18(24)13-4-2-8-23(11-13)16-7-6-14(20-21-16)15-5-3-9-26-15/h3,5-7,9-10,13H,2,4,8,11H2,1H3,(H,19,24). The van der Waals surface area contributed by atoms with Crippen LogP contribution in [0.15, 0.2) is 40.2 Å². The third kappa shape index (κ3) is 3.60. The largest absolute Gasteiger partial charge is 0.354 e. The number of thiophene rings is 1. The molecule has 1 aliphatic rings. The highest BCUT2D eigenvalue weighted by atomic mass is 32.1. The highest BCUT2D eigenvalue weighted by molar-refractivity contribution is 7.13. The van der Waals surface area contributed by atoms with Gasteiger partial charge in [0, 0.05) is 19.2 Å². The van der Waals surface area contributed by atoms with Gasteiger partial charge in [-0.25, -0.2) is 0 Å². The molecular formula is C18H19N5O2S. The number of aromatic nitrogens is 3. The van der Waals surface area contributed by atoms with Gasteiger partial charge in [-0.1, -0.05) is 11.2 Å². The summed E-state index contributed by atoms with van der Waals surface area (Å²) in [6.07, 6.45) is 1.78. The number of carbonyl (C=O) groups is 1. The van der Waals surface area contributed by atoms with Gasteiger partial charge in [0.1, 0.15) is 5.69 Å². The van der Waals surface area contributed by atoms with Crippen LogP contribution in [0, 0.1) is 12.8 Å². The van der Waals surface area contributed by atoms with Crippen LogP contribution in [0.5, 0.6) is 0 Å². The van der Waals surface area contributed by atoms with Gasteiger partial charge in [-0.3, -0.25) is 10.1 Å². The van der Waals surface area contributed by atoms with Crippen LogP contribution in [0.25, 0.3) is 10.6 Å². The zero-order valence-electron chi connectivity index (χ0n) is 14.4. The summed E-state index contributed by atoms with van der Waals surface area (Å²) in [7, 11) is 0. The quantitative estimate of drug-likeness (QED) is 0.759. The van der Waals surface area contributed by atoms with E-state index in [1.165, 1.54) is 0 Å². The van der Waals surface area contributed by atoms with Crippen LogP contribution >= 0.6 is 11.3 Å². The lowest BCUT2D eigenvalue weighted by Crippen LogP contribution is -2.41. The van der Waals surface area contributed by atoms with Gasteiger partial charge in [-0.05, 0) is 43.3 Å². The minimum atomic E-state index is -0.118. The van der Waals surface area contributed by atoms with E-state index >= 15 is 0 Å². The Labute approximate surface area is 155 Å². The van der Waals surface area contributed by atoms with Crippen molar-refractivity contribution >= 4 is 28.9 Å². The number of hydrogen-bond donors (Lipinski definition) is 1. The van der Waals surface area contributed by atoms with Gasteiger partial charge in [-0.15, -0.1) is 21.5 Å². The number of amides is 1. The first-order valence-electron chi connectivity index (χ1n) is 8.56. The van der Waals surface area contributed by atoms with Crippen molar-refractivity contribution in [1.29, 1.82) is 0 Å². The maximum absolute atomic E-state index is 12.5. The van der Waals surface area contributed by atoms with Crippen molar-refractivity contribution < 1.29 is 9.32 Å². The number of nitrogens with zero attached hydrogens (tertiary/aromatic N) is 4. The predicted molar refractivity (Wildman–Crippen MR) is 100 cm³/mol. The van der Waals surface area contributed by atoms with E-state index in [-0.39, 0.29) is 11.8 Å². The molecule has 1 saturated heterocycles. The lowest BCUT2D eigenvalue weighted by Gasteiger charge is -2.32. The summed E-state index contributed by atoms with van der Waals surface area (Å²) in [5.41, 5.74) is 1.61. The van der Waals surface area contributed by atoms with E-state index in [4.69, 9.17) is 4.52 Å². The summed E-state index contributed by atoms with van der Waals surface area (Å²) in [4.78, 5) is 15.7. The number of anilines is 2. The van der Waals surface area contributed by atoms with Crippen LogP contribution in [0.3, 0.4) is 0 Å². The number of nitrogens with one attached hydrogen (secondary N) is 1. The molecule has 1 amide bonds. The van der Waals surface area contributed by atoms with Crippen molar-refractivity contribution in [1.82, 2.24) is 15.4 Å². The Kier molecular flexibility index (Phi) is 4.66. The minimum Gasteiger partial charge on any atom is -0.354 e. The highest BCUT2D eigenvalue weighted by Crippen LogP contribution is 2.26. The molecule has 3 aromatic heterocycles. The molecule has 0 saturated carbocycles. The van der Waals surface area contributed by atoms with E-state index in [9.17, 15) is 4.79 Å². The molecule has 3 aromatic rings. The average molecular weight is 369 g/mol. The second kappa shape index (κ2) is 7.25. The first-order chi connectivity index (χ1) is 12.7. The molecule has 1 unspecified atom stereocenters. The summed E-state index contributed by atoms with van der Waals surface area (Å²) in [6.45, 7) is 3.31. The molecule has 1 atom stereocenters. The molecule has 4 rings (SSSR count).